The number of carbonyl (C=O) groups is 1. The Morgan fingerprint density at radius 1 is 1.53 bits per heavy atom. The monoisotopic (exact) mass is 283 g/mol. The Balaban J connectivity index is 2.16. The summed E-state index contributed by atoms with van der Waals surface area (Å²) >= 11 is 6.30. The van der Waals surface area contributed by atoms with Crippen LogP contribution in [-0.4, -0.2) is 27.6 Å². The molecular formula is C14H22ClN3O. The highest BCUT2D eigenvalue weighted by atomic mass is 35.5. The van der Waals surface area contributed by atoms with Crippen molar-refractivity contribution in [2.24, 2.45) is 7.05 Å². The predicted molar refractivity (Wildman–Crippen MR) is 76.6 cm³/mol. The normalized spacial score (nSPS) is 23.6. The van der Waals surface area contributed by atoms with Gasteiger partial charge in [0.1, 0.15) is 0 Å². The van der Waals surface area contributed by atoms with Gasteiger partial charge in [0.15, 0.2) is 5.78 Å². The van der Waals surface area contributed by atoms with Crippen LogP contribution in [0.15, 0.2) is 0 Å². The van der Waals surface area contributed by atoms with Crippen LogP contribution in [0.25, 0.3) is 0 Å². The fourth-order valence-electron chi connectivity index (χ4n) is 2.65. The summed E-state index contributed by atoms with van der Waals surface area (Å²) in [5.41, 5.74) is 1.30. The molecule has 0 saturated carbocycles. The van der Waals surface area contributed by atoms with E-state index in [0.717, 1.165) is 43.6 Å². The number of nitrogens with one attached hydrogen (secondary N) is 1. The third-order valence-corrected chi connectivity index (χ3v) is 4.50. The molecule has 0 bridgehead atoms. The number of aryl methyl sites for hydroxylation is 2. The lowest BCUT2D eigenvalue weighted by Gasteiger charge is -2.33. The van der Waals surface area contributed by atoms with E-state index in [1.807, 2.05) is 20.9 Å². The maximum absolute atomic E-state index is 12.5. The van der Waals surface area contributed by atoms with E-state index in [0.29, 0.717) is 11.4 Å². The van der Waals surface area contributed by atoms with Crippen molar-refractivity contribution in [2.75, 3.05) is 6.54 Å². The second-order valence-electron chi connectivity index (χ2n) is 5.50. The van der Waals surface area contributed by atoms with E-state index in [9.17, 15) is 4.79 Å². The number of ketones is 1. The van der Waals surface area contributed by atoms with Crippen LogP contribution >= 0.6 is 11.6 Å². The second kappa shape index (κ2) is 5.63. The minimum absolute atomic E-state index is 0.208. The third-order valence-electron chi connectivity index (χ3n) is 4.07. The number of rotatable bonds is 4. The largest absolute Gasteiger partial charge is 0.305 e. The molecule has 0 aromatic carbocycles. The van der Waals surface area contributed by atoms with Gasteiger partial charge < -0.3 is 5.32 Å². The lowest BCUT2D eigenvalue weighted by Crippen LogP contribution is -2.52. The SMILES string of the molecule is CCc1nn(C)c(CC(=O)C2(C)CCCCN2)c1Cl. The number of hydrogen-bond acceptors (Lipinski definition) is 3. The van der Waals surface area contributed by atoms with Crippen LogP contribution in [-0.2, 0) is 24.7 Å². The highest BCUT2D eigenvalue weighted by Gasteiger charge is 2.34. The Labute approximate surface area is 119 Å². The summed E-state index contributed by atoms with van der Waals surface area (Å²) in [6.45, 7) is 4.94. The van der Waals surface area contributed by atoms with Crippen molar-refractivity contribution in [3.8, 4) is 0 Å². The van der Waals surface area contributed by atoms with Crippen molar-refractivity contribution < 1.29 is 4.79 Å². The van der Waals surface area contributed by atoms with Gasteiger partial charge in [-0.2, -0.15) is 5.10 Å². The fraction of sp³-hybridized carbons (Fsp3) is 0.714. The van der Waals surface area contributed by atoms with Crippen LogP contribution in [0.2, 0.25) is 5.02 Å². The summed E-state index contributed by atoms with van der Waals surface area (Å²) in [6, 6.07) is 0. The first-order valence-corrected chi connectivity index (χ1v) is 7.34. The van der Waals surface area contributed by atoms with E-state index in [2.05, 4.69) is 10.4 Å². The molecule has 1 aliphatic heterocycles. The lowest BCUT2D eigenvalue weighted by atomic mass is 9.85. The van der Waals surface area contributed by atoms with Gasteiger partial charge in [-0.3, -0.25) is 9.48 Å². The number of piperidine rings is 1. The maximum Gasteiger partial charge on any atom is 0.158 e. The van der Waals surface area contributed by atoms with Crippen LogP contribution in [0.1, 0.15) is 44.5 Å². The molecule has 0 aliphatic carbocycles. The smallest absolute Gasteiger partial charge is 0.158 e. The molecule has 1 N–H and O–H groups in total. The van der Waals surface area contributed by atoms with Gasteiger partial charge in [-0.25, -0.2) is 0 Å². The zero-order valence-corrected chi connectivity index (χ0v) is 12.7. The zero-order valence-electron chi connectivity index (χ0n) is 11.9. The molecule has 0 spiro atoms. The average Bonchev–Trinajstić information content (AvgIpc) is 2.67. The molecule has 1 unspecified atom stereocenters. The highest BCUT2D eigenvalue weighted by molar-refractivity contribution is 6.32. The number of Topliss-reactive ketones (excluding diaryl/α,β-unsaturated/α-hetero) is 1. The number of halogens is 1. The molecule has 1 aromatic rings. The van der Waals surface area contributed by atoms with Crippen molar-refractivity contribution in [1.29, 1.82) is 0 Å². The summed E-state index contributed by atoms with van der Waals surface area (Å²) in [5.74, 6) is 0.208. The molecule has 1 atom stereocenters. The summed E-state index contributed by atoms with van der Waals surface area (Å²) in [6.07, 6.45) is 4.30. The maximum atomic E-state index is 12.5. The van der Waals surface area contributed by atoms with E-state index in [4.69, 9.17) is 11.6 Å². The van der Waals surface area contributed by atoms with Gasteiger partial charge in [0.2, 0.25) is 0 Å². The molecule has 2 heterocycles. The topological polar surface area (TPSA) is 46.9 Å². The quantitative estimate of drug-likeness (QED) is 0.922. The first-order chi connectivity index (χ1) is 8.98. The molecule has 5 heteroatoms. The average molecular weight is 284 g/mol. The van der Waals surface area contributed by atoms with Gasteiger partial charge in [-0.05, 0) is 39.2 Å². The lowest BCUT2D eigenvalue weighted by molar-refractivity contribution is -0.125. The van der Waals surface area contributed by atoms with Crippen molar-refractivity contribution in [2.45, 2.75) is 51.5 Å². The van der Waals surface area contributed by atoms with E-state index in [1.165, 1.54) is 0 Å². The van der Waals surface area contributed by atoms with Gasteiger partial charge in [0, 0.05) is 7.05 Å². The Bertz CT molecular complexity index is 475. The van der Waals surface area contributed by atoms with Crippen LogP contribution in [0.3, 0.4) is 0 Å². The molecule has 106 valence electrons. The molecule has 4 nitrogen and oxygen atoms in total. The number of nitrogens with zero attached hydrogens (tertiary/aromatic N) is 2. The molecule has 1 fully saturated rings. The van der Waals surface area contributed by atoms with Gasteiger partial charge in [0.25, 0.3) is 0 Å². The third kappa shape index (κ3) is 2.84. The van der Waals surface area contributed by atoms with E-state index < -0.39 is 5.54 Å². The molecule has 0 amide bonds. The van der Waals surface area contributed by atoms with Crippen molar-refractivity contribution in [1.82, 2.24) is 15.1 Å². The number of hydrogen-bond donors (Lipinski definition) is 1. The van der Waals surface area contributed by atoms with Crippen molar-refractivity contribution in [3.63, 3.8) is 0 Å². The highest BCUT2D eigenvalue weighted by Crippen LogP contribution is 2.25. The van der Waals surface area contributed by atoms with Crippen molar-refractivity contribution in [3.05, 3.63) is 16.4 Å². The van der Waals surface area contributed by atoms with Gasteiger partial charge in [-0.15, -0.1) is 0 Å². The van der Waals surface area contributed by atoms with E-state index in [-0.39, 0.29) is 5.78 Å². The first kappa shape index (κ1) is 14.5. The Morgan fingerprint density at radius 2 is 2.26 bits per heavy atom. The standard InChI is InChI=1S/C14H22ClN3O/c1-4-10-13(15)11(18(3)17-10)9-12(19)14(2)7-5-6-8-16-14/h16H,4-9H2,1-3H3. The zero-order chi connectivity index (χ0) is 14.0. The molecule has 1 saturated heterocycles. The molecule has 1 aliphatic rings. The molecule has 2 rings (SSSR count). The van der Waals surface area contributed by atoms with Gasteiger partial charge in [-0.1, -0.05) is 18.5 Å². The number of carbonyl (C=O) groups excluding carboxylic acids is 1. The second-order valence-corrected chi connectivity index (χ2v) is 5.88. The first-order valence-electron chi connectivity index (χ1n) is 6.96. The van der Waals surface area contributed by atoms with Crippen LogP contribution < -0.4 is 5.32 Å². The van der Waals surface area contributed by atoms with Gasteiger partial charge >= 0.3 is 0 Å². The molecule has 1 aromatic heterocycles. The minimum atomic E-state index is -0.405. The summed E-state index contributed by atoms with van der Waals surface area (Å²) in [4.78, 5) is 12.5. The fourth-order valence-corrected chi connectivity index (χ4v) is 3.01. The molecular weight excluding hydrogens is 262 g/mol. The van der Waals surface area contributed by atoms with Crippen LogP contribution in [0, 0.1) is 0 Å². The van der Waals surface area contributed by atoms with E-state index in [1.54, 1.807) is 4.68 Å². The van der Waals surface area contributed by atoms with Gasteiger partial charge in [0.05, 0.1) is 28.4 Å². The number of aromatic nitrogens is 2. The molecule has 0 radical (unpaired) electrons. The molecule has 19 heavy (non-hydrogen) atoms. The van der Waals surface area contributed by atoms with Crippen LogP contribution in [0.4, 0.5) is 0 Å². The Hall–Kier alpha value is -0.870. The summed E-state index contributed by atoms with van der Waals surface area (Å²) < 4.78 is 1.74. The van der Waals surface area contributed by atoms with Crippen molar-refractivity contribution >= 4 is 17.4 Å². The minimum Gasteiger partial charge on any atom is -0.305 e. The Kier molecular flexibility index (Phi) is 4.31. The summed E-state index contributed by atoms with van der Waals surface area (Å²) in [5, 5.41) is 8.37. The summed E-state index contributed by atoms with van der Waals surface area (Å²) in [7, 11) is 1.85. The van der Waals surface area contributed by atoms with E-state index >= 15 is 0 Å². The van der Waals surface area contributed by atoms with Crippen LogP contribution in [0.5, 0.6) is 0 Å². The predicted octanol–water partition coefficient (Wildman–Crippen LogP) is 2.28. The Morgan fingerprint density at radius 3 is 2.79 bits per heavy atom.